The number of pyridine rings is 1. The smallest absolute Gasteiger partial charge is 0.239 e. The molecule has 102 valence electrons. The van der Waals surface area contributed by atoms with Crippen LogP contribution in [0.1, 0.15) is 5.56 Å². The zero-order chi connectivity index (χ0) is 14.1. The first-order valence-corrected chi connectivity index (χ1v) is 5.96. The number of H-pyrrole nitrogens is 1. The highest BCUT2D eigenvalue weighted by atomic mass is 16.5. The maximum absolute atomic E-state index is 5.75. The Morgan fingerprint density at radius 3 is 2.75 bits per heavy atom. The number of nitrogens with two attached hydrogens (primary N) is 1. The highest BCUT2D eigenvalue weighted by molar-refractivity contribution is 5.64. The molecule has 3 heterocycles. The lowest BCUT2D eigenvalue weighted by Crippen LogP contribution is -1.90. The first-order valence-electron chi connectivity index (χ1n) is 5.96. The molecule has 7 nitrogen and oxygen atoms in total. The Bertz CT molecular complexity index is 747. The van der Waals surface area contributed by atoms with E-state index in [2.05, 4.69) is 20.2 Å². The number of aromatic amines is 1. The number of nitrogens with zero attached hydrogens (tertiary/aromatic N) is 3. The normalized spacial score (nSPS) is 10.7. The Balaban J connectivity index is 1.98. The zero-order valence-corrected chi connectivity index (χ0v) is 11.0. The number of aromatic nitrogens is 4. The van der Waals surface area contributed by atoms with Gasteiger partial charge in [-0.15, -0.1) is 5.10 Å². The number of hydrogen-bond donors (Lipinski definition) is 2. The van der Waals surface area contributed by atoms with E-state index in [-0.39, 0.29) is 5.95 Å². The van der Waals surface area contributed by atoms with Crippen LogP contribution in [0.15, 0.2) is 28.8 Å². The molecule has 20 heavy (non-hydrogen) atoms. The van der Waals surface area contributed by atoms with Gasteiger partial charge in [0.05, 0.1) is 7.11 Å². The minimum atomic E-state index is 0.181. The monoisotopic (exact) mass is 271 g/mol. The van der Waals surface area contributed by atoms with Crippen molar-refractivity contribution in [3.63, 3.8) is 0 Å². The predicted octanol–water partition coefficient (Wildman–Crippen LogP) is 2.03. The summed E-state index contributed by atoms with van der Waals surface area (Å²) in [5, 5.41) is 6.47. The zero-order valence-electron chi connectivity index (χ0n) is 11.0. The van der Waals surface area contributed by atoms with Crippen LogP contribution in [0.25, 0.3) is 22.9 Å². The number of hydrogen-bond acceptors (Lipinski definition) is 6. The largest absolute Gasteiger partial charge is 0.481 e. The number of aryl methyl sites for hydroxylation is 1. The summed E-state index contributed by atoms with van der Waals surface area (Å²) in [6.07, 6.45) is 1.71. The van der Waals surface area contributed by atoms with Crippen LogP contribution < -0.4 is 10.5 Å². The second-order valence-corrected chi connectivity index (χ2v) is 4.25. The summed E-state index contributed by atoms with van der Waals surface area (Å²) in [6, 6.07) is 5.51. The van der Waals surface area contributed by atoms with Gasteiger partial charge in [-0.2, -0.15) is 4.98 Å². The minimum Gasteiger partial charge on any atom is -0.481 e. The highest BCUT2D eigenvalue weighted by Gasteiger charge is 2.12. The summed E-state index contributed by atoms with van der Waals surface area (Å²) >= 11 is 0. The molecule has 3 aromatic rings. The van der Waals surface area contributed by atoms with Gasteiger partial charge in [-0.1, -0.05) is 0 Å². The fourth-order valence-corrected chi connectivity index (χ4v) is 1.89. The van der Waals surface area contributed by atoms with Crippen LogP contribution in [-0.4, -0.2) is 27.3 Å². The number of anilines is 1. The SMILES string of the molecule is COc1cc(C)c(-c2ccc(-c3nc(N)n[nH]3)o2)cn1. The molecule has 3 rings (SSSR count). The first-order chi connectivity index (χ1) is 9.67. The fraction of sp³-hybridized carbons (Fsp3) is 0.154. The molecule has 0 aliphatic carbocycles. The Morgan fingerprint density at radius 2 is 2.10 bits per heavy atom. The first kappa shape index (κ1) is 12.2. The van der Waals surface area contributed by atoms with Gasteiger partial charge in [0.25, 0.3) is 0 Å². The van der Waals surface area contributed by atoms with Gasteiger partial charge in [0, 0.05) is 17.8 Å². The standard InChI is InChI=1S/C13H13N5O2/c1-7-5-11(19-2)15-6-8(7)9-3-4-10(20-9)12-16-13(14)18-17-12/h3-6H,1-2H3,(H3,14,16,17,18). The molecule has 0 saturated carbocycles. The van der Waals surface area contributed by atoms with Crippen molar-refractivity contribution in [1.82, 2.24) is 20.2 Å². The number of methoxy groups -OCH3 is 1. The van der Waals surface area contributed by atoms with E-state index in [0.717, 1.165) is 11.1 Å². The molecule has 0 amide bonds. The van der Waals surface area contributed by atoms with Crippen molar-refractivity contribution in [1.29, 1.82) is 0 Å². The highest BCUT2D eigenvalue weighted by Crippen LogP contribution is 2.29. The number of nitrogens with one attached hydrogen (secondary N) is 1. The van der Waals surface area contributed by atoms with Crippen LogP contribution in [0.3, 0.4) is 0 Å². The number of rotatable bonds is 3. The van der Waals surface area contributed by atoms with Crippen molar-refractivity contribution in [2.45, 2.75) is 6.92 Å². The van der Waals surface area contributed by atoms with Gasteiger partial charge in [-0.3, -0.25) is 5.10 Å². The van der Waals surface area contributed by atoms with Crippen LogP contribution in [0.4, 0.5) is 5.95 Å². The van der Waals surface area contributed by atoms with Crippen molar-refractivity contribution < 1.29 is 9.15 Å². The second kappa shape index (κ2) is 4.69. The molecule has 0 atom stereocenters. The Hall–Kier alpha value is -2.83. The Morgan fingerprint density at radius 1 is 1.30 bits per heavy atom. The molecule has 0 unspecified atom stereocenters. The minimum absolute atomic E-state index is 0.181. The van der Waals surface area contributed by atoms with Gasteiger partial charge < -0.3 is 14.9 Å². The summed E-state index contributed by atoms with van der Waals surface area (Å²) in [5.41, 5.74) is 7.37. The number of ether oxygens (including phenoxy) is 1. The van der Waals surface area contributed by atoms with Gasteiger partial charge >= 0.3 is 0 Å². The summed E-state index contributed by atoms with van der Waals surface area (Å²) in [4.78, 5) is 8.20. The van der Waals surface area contributed by atoms with E-state index in [4.69, 9.17) is 14.9 Å². The summed E-state index contributed by atoms with van der Waals surface area (Å²) < 4.78 is 10.8. The lowest BCUT2D eigenvalue weighted by Gasteiger charge is -2.04. The van der Waals surface area contributed by atoms with E-state index >= 15 is 0 Å². The van der Waals surface area contributed by atoms with Gasteiger partial charge in [0.15, 0.2) is 11.6 Å². The van der Waals surface area contributed by atoms with E-state index < -0.39 is 0 Å². The molecule has 7 heteroatoms. The molecular formula is C13H13N5O2. The fourth-order valence-electron chi connectivity index (χ4n) is 1.89. The topological polar surface area (TPSA) is 103 Å². The molecule has 0 radical (unpaired) electrons. The van der Waals surface area contributed by atoms with E-state index in [1.54, 1.807) is 19.4 Å². The van der Waals surface area contributed by atoms with Gasteiger partial charge in [-0.05, 0) is 24.6 Å². The van der Waals surface area contributed by atoms with E-state index in [9.17, 15) is 0 Å². The third kappa shape index (κ3) is 2.09. The molecule has 0 aromatic carbocycles. The molecule has 0 bridgehead atoms. The molecule has 0 saturated heterocycles. The summed E-state index contributed by atoms with van der Waals surface area (Å²) in [5.74, 6) is 2.51. The maximum atomic E-state index is 5.75. The lowest BCUT2D eigenvalue weighted by atomic mass is 10.1. The van der Waals surface area contributed by atoms with Gasteiger partial charge in [0.2, 0.25) is 11.8 Å². The Labute approximate surface area is 114 Å². The van der Waals surface area contributed by atoms with Crippen molar-refractivity contribution in [3.05, 3.63) is 30.0 Å². The van der Waals surface area contributed by atoms with Gasteiger partial charge in [-0.25, -0.2) is 4.98 Å². The predicted molar refractivity (Wildman–Crippen MR) is 73.0 cm³/mol. The molecule has 0 aliphatic heterocycles. The van der Waals surface area contributed by atoms with Crippen molar-refractivity contribution >= 4 is 5.95 Å². The number of nitrogen functional groups attached to an aromatic ring is 1. The lowest BCUT2D eigenvalue weighted by molar-refractivity contribution is 0.397. The number of furan rings is 1. The average molecular weight is 271 g/mol. The quantitative estimate of drug-likeness (QED) is 0.755. The van der Waals surface area contributed by atoms with Crippen molar-refractivity contribution in [2.24, 2.45) is 0 Å². The summed E-state index contributed by atoms with van der Waals surface area (Å²) in [7, 11) is 1.58. The third-order valence-electron chi connectivity index (χ3n) is 2.90. The van der Waals surface area contributed by atoms with Gasteiger partial charge in [0.1, 0.15) is 5.76 Å². The van der Waals surface area contributed by atoms with Crippen molar-refractivity contribution in [2.75, 3.05) is 12.8 Å². The van der Waals surface area contributed by atoms with E-state index in [1.807, 2.05) is 19.1 Å². The van der Waals surface area contributed by atoms with Crippen LogP contribution in [0.5, 0.6) is 5.88 Å². The van der Waals surface area contributed by atoms with Crippen LogP contribution in [0.2, 0.25) is 0 Å². The van der Waals surface area contributed by atoms with Crippen LogP contribution >= 0.6 is 0 Å². The van der Waals surface area contributed by atoms with Crippen LogP contribution in [0, 0.1) is 6.92 Å². The summed E-state index contributed by atoms with van der Waals surface area (Å²) in [6.45, 7) is 1.97. The molecule has 0 aliphatic rings. The third-order valence-corrected chi connectivity index (χ3v) is 2.90. The molecule has 0 spiro atoms. The molecular weight excluding hydrogens is 258 g/mol. The van der Waals surface area contributed by atoms with Crippen molar-refractivity contribution in [3.8, 4) is 28.8 Å². The van der Waals surface area contributed by atoms with Crippen LogP contribution in [-0.2, 0) is 0 Å². The molecule has 3 aromatic heterocycles. The van der Waals surface area contributed by atoms with E-state index in [0.29, 0.717) is 23.2 Å². The second-order valence-electron chi connectivity index (χ2n) is 4.25. The molecule has 3 N–H and O–H groups in total. The maximum Gasteiger partial charge on any atom is 0.239 e. The average Bonchev–Trinajstić information content (AvgIpc) is 3.07. The Kier molecular flexibility index (Phi) is 2.86. The van der Waals surface area contributed by atoms with E-state index in [1.165, 1.54) is 0 Å². The molecule has 0 fully saturated rings.